The van der Waals surface area contributed by atoms with Crippen molar-refractivity contribution < 1.29 is 0 Å². The van der Waals surface area contributed by atoms with Gasteiger partial charge >= 0.3 is 0 Å². The Morgan fingerprint density at radius 2 is 2.21 bits per heavy atom. The SMILES string of the molecule is Cc1cc2sc3c(=O)[nH]cnc3c2s1. The van der Waals surface area contributed by atoms with Crippen LogP contribution in [0.2, 0.25) is 0 Å². The number of aromatic amines is 1. The lowest BCUT2D eigenvalue weighted by Gasteiger charge is -1.85. The van der Waals surface area contributed by atoms with Crippen LogP contribution in [0.3, 0.4) is 0 Å². The van der Waals surface area contributed by atoms with Gasteiger partial charge in [-0.25, -0.2) is 4.98 Å². The van der Waals surface area contributed by atoms with Crippen LogP contribution in [0.1, 0.15) is 4.88 Å². The minimum absolute atomic E-state index is 0.0407. The first-order valence-electron chi connectivity index (χ1n) is 4.12. The second-order valence-electron chi connectivity index (χ2n) is 3.06. The normalized spacial score (nSPS) is 11.5. The molecule has 5 heteroatoms. The van der Waals surface area contributed by atoms with Gasteiger partial charge in [-0.1, -0.05) is 0 Å². The van der Waals surface area contributed by atoms with Crippen LogP contribution in [-0.4, -0.2) is 9.97 Å². The van der Waals surface area contributed by atoms with E-state index < -0.39 is 0 Å². The number of aryl methyl sites for hydroxylation is 1. The molecule has 3 aromatic heterocycles. The quantitative estimate of drug-likeness (QED) is 0.635. The summed E-state index contributed by atoms with van der Waals surface area (Å²) in [5.74, 6) is 0. The predicted molar refractivity (Wildman–Crippen MR) is 60.4 cm³/mol. The lowest BCUT2D eigenvalue weighted by molar-refractivity contribution is 1.18. The molecule has 3 heterocycles. The Morgan fingerprint density at radius 3 is 3.07 bits per heavy atom. The molecule has 0 bridgehead atoms. The summed E-state index contributed by atoms with van der Waals surface area (Å²) in [6.45, 7) is 2.07. The lowest BCUT2D eigenvalue weighted by Crippen LogP contribution is -2.03. The number of nitrogens with one attached hydrogen (secondary N) is 1. The zero-order valence-electron chi connectivity index (χ0n) is 7.33. The fourth-order valence-electron chi connectivity index (χ4n) is 1.49. The van der Waals surface area contributed by atoms with Crippen LogP contribution >= 0.6 is 22.7 Å². The second-order valence-corrected chi connectivity index (χ2v) is 5.37. The van der Waals surface area contributed by atoms with E-state index in [1.54, 1.807) is 11.3 Å². The molecule has 3 nitrogen and oxygen atoms in total. The minimum Gasteiger partial charge on any atom is -0.312 e. The van der Waals surface area contributed by atoms with Crippen molar-refractivity contribution in [1.29, 1.82) is 0 Å². The average Bonchev–Trinajstić information content (AvgIpc) is 2.63. The van der Waals surface area contributed by atoms with Crippen molar-refractivity contribution in [1.82, 2.24) is 9.97 Å². The number of hydrogen-bond donors (Lipinski definition) is 1. The Hall–Kier alpha value is -1.20. The molecule has 70 valence electrons. The maximum absolute atomic E-state index is 11.5. The smallest absolute Gasteiger partial charge is 0.268 e. The molecule has 0 amide bonds. The molecule has 3 rings (SSSR count). The van der Waals surface area contributed by atoms with E-state index in [0.717, 1.165) is 19.6 Å². The van der Waals surface area contributed by atoms with Crippen LogP contribution in [0.5, 0.6) is 0 Å². The monoisotopic (exact) mass is 222 g/mol. The van der Waals surface area contributed by atoms with Gasteiger partial charge in [0.25, 0.3) is 5.56 Å². The first-order chi connectivity index (χ1) is 6.75. The largest absolute Gasteiger partial charge is 0.312 e. The van der Waals surface area contributed by atoms with Crippen molar-refractivity contribution in [2.45, 2.75) is 6.92 Å². The topological polar surface area (TPSA) is 45.8 Å². The third kappa shape index (κ3) is 0.964. The number of rotatable bonds is 0. The van der Waals surface area contributed by atoms with Gasteiger partial charge in [-0.2, -0.15) is 0 Å². The standard InChI is InChI=1S/C9H6N2OS2/c1-4-2-5-7(13-4)6-8(14-5)9(12)11-3-10-6/h2-3H,1H3,(H,10,11,12). The van der Waals surface area contributed by atoms with E-state index in [1.807, 2.05) is 0 Å². The minimum atomic E-state index is -0.0407. The Kier molecular flexibility index (Phi) is 1.54. The van der Waals surface area contributed by atoms with Gasteiger partial charge in [-0.15, -0.1) is 22.7 Å². The first kappa shape index (κ1) is 8.14. The molecule has 0 unspecified atom stereocenters. The second kappa shape index (κ2) is 2.65. The van der Waals surface area contributed by atoms with E-state index >= 15 is 0 Å². The van der Waals surface area contributed by atoms with Gasteiger partial charge in [0.2, 0.25) is 0 Å². The summed E-state index contributed by atoms with van der Waals surface area (Å²) in [6, 6.07) is 2.10. The van der Waals surface area contributed by atoms with Crippen molar-refractivity contribution >= 4 is 42.3 Å². The number of H-pyrrole nitrogens is 1. The van der Waals surface area contributed by atoms with E-state index in [1.165, 1.54) is 22.5 Å². The molecule has 0 saturated carbocycles. The van der Waals surface area contributed by atoms with Crippen molar-refractivity contribution in [3.63, 3.8) is 0 Å². The first-order valence-corrected chi connectivity index (χ1v) is 5.75. The van der Waals surface area contributed by atoms with Crippen LogP contribution in [-0.2, 0) is 0 Å². The fraction of sp³-hybridized carbons (Fsp3) is 0.111. The van der Waals surface area contributed by atoms with Gasteiger partial charge in [-0.3, -0.25) is 4.79 Å². The molecule has 3 aromatic rings. The molecular weight excluding hydrogens is 216 g/mol. The van der Waals surface area contributed by atoms with E-state index in [4.69, 9.17) is 0 Å². The van der Waals surface area contributed by atoms with Crippen LogP contribution < -0.4 is 5.56 Å². The Labute approximate surface area is 87.0 Å². The number of aromatic nitrogens is 2. The molecule has 14 heavy (non-hydrogen) atoms. The van der Waals surface area contributed by atoms with Gasteiger partial charge in [0.05, 0.1) is 11.0 Å². The van der Waals surface area contributed by atoms with Crippen molar-refractivity contribution in [3.8, 4) is 0 Å². The molecule has 0 spiro atoms. The number of thiophene rings is 2. The third-order valence-corrected chi connectivity index (χ3v) is 4.37. The predicted octanol–water partition coefficient (Wildman–Crippen LogP) is 2.51. The summed E-state index contributed by atoms with van der Waals surface area (Å²) in [5.41, 5.74) is 0.799. The van der Waals surface area contributed by atoms with E-state index in [9.17, 15) is 4.79 Å². The van der Waals surface area contributed by atoms with Crippen LogP contribution in [0, 0.1) is 6.92 Å². The summed E-state index contributed by atoms with van der Waals surface area (Å²) in [6.07, 6.45) is 1.46. The summed E-state index contributed by atoms with van der Waals surface area (Å²) in [5, 5.41) is 0. The van der Waals surface area contributed by atoms with Crippen molar-refractivity contribution in [2.75, 3.05) is 0 Å². The highest BCUT2D eigenvalue weighted by Crippen LogP contribution is 2.36. The lowest BCUT2D eigenvalue weighted by atomic mass is 10.4. The summed E-state index contributed by atoms with van der Waals surface area (Å²) < 4.78 is 3.02. The summed E-state index contributed by atoms with van der Waals surface area (Å²) in [4.78, 5) is 19.5. The van der Waals surface area contributed by atoms with Gasteiger partial charge < -0.3 is 4.98 Å². The Bertz CT molecular complexity index is 677. The molecule has 0 aliphatic heterocycles. The van der Waals surface area contributed by atoms with Crippen LogP contribution in [0.15, 0.2) is 17.2 Å². The third-order valence-electron chi connectivity index (χ3n) is 2.06. The number of fused-ring (bicyclic) bond motifs is 3. The molecule has 0 aromatic carbocycles. The maximum atomic E-state index is 11.5. The zero-order chi connectivity index (χ0) is 9.71. The van der Waals surface area contributed by atoms with Gasteiger partial charge in [-0.05, 0) is 13.0 Å². The molecule has 0 atom stereocenters. The molecule has 0 radical (unpaired) electrons. The molecule has 0 aliphatic rings. The highest BCUT2D eigenvalue weighted by Gasteiger charge is 2.10. The number of nitrogens with zero attached hydrogens (tertiary/aromatic N) is 1. The molecule has 0 saturated heterocycles. The van der Waals surface area contributed by atoms with E-state index in [-0.39, 0.29) is 5.56 Å². The van der Waals surface area contributed by atoms with Gasteiger partial charge in [0.1, 0.15) is 10.2 Å². The van der Waals surface area contributed by atoms with Crippen LogP contribution in [0.25, 0.3) is 19.6 Å². The van der Waals surface area contributed by atoms with Crippen molar-refractivity contribution in [3.05, 3.63) is 27.6 Å². The van der Waals surface area contributed by atoms with E-state index in [0.29, 0.717) is 0 Å². The Morgan fingerprint density at radius 1 is 1.36 bits per heavy atom. The highest BCUT2D eigenvalue weighted by atomic mass is 32.1. The van der Waals surface area contributed by atoms with Crippen LogP contribution in [0.4, 0.5) is 0 Å². The summed E-state index contributed by atoms with van der Waals surface area (Å²) >= 11 is 3.21. The Balaban J connectivity index is 2.65. The summed E-state index contributed by atoms with van der Waals surface area (Å²) in [7, 11) is 0. The van der Waals surface area contributed by atoms with Gasteiger partial charge in [0.15, 0.2) is 0 Å². The maximum Gasteiger partial charge on any atom is 0.268 e. The highest BCUT2D eigenvalue weighted by molar-refractivity contribution is 7.32. The molecule has 0 fully saturated rings. The zero-order valence-corrected chi connectivity index (χ0v) is 8.96. The average molecular weight is 222 g/mol. The molecular formula is C9H6N2OS2. The van der Waals surface area contributed by atoms with Gasteiger partial charge in [0, 0.05) is 9.58 Å². The molecule has 1 N–H and O–H groups in total. The molecule has 0 aliphatic carbocycles. The van der Waals surface area contributed by atoms with E-state index in [2.05, 4.69) is 23.0 Å². The fourth-order valence-corrected chi connectivity index (χ4v) is 3.83. The number of hydrogen-bond acceptors (Lipinski definition) is 4. The van der Waals surface area contributed by atoms with Crippen molar-refractivity contribution in [2.24, 2.45) is 0 Å².